The van der Waals surface area contributed by atoms with E-state index in [-0.39, 0.29) is 6.03 Å². The third-order valence-electron chi connectivity index (χ3n) is 4.52. The van der Waals surface area contributed by atoms with E-state index in [1.807, 2.05) is 0 Å². The van der Waals surface area contributed by atoms with Crippen LogP contribution in [-0.4, -0.2) is 37.3 Å². The van der Waals surface area contributed by atoms with Gasteiger partial charge in [-0.1, -0.05) is 25.1 Å². The molecule has 1 fully saturated rings. The lowest BCUT2D eigenvalue weighted by Crippen LogP contribution is -2.39. The first-order chi connectivity index (χ1) is 11.3. The van der Waals surface area contributed by atoms with E-state index in [4.69, 9.17) is 4.74 Å². The molecule has 2 aromatic rings. The molecule has 1 aliphatic rings. The summed E-state index contributed by atoms with van der Waals surface area (Å²) in [7, 11) is 0. The summed E-state index contributed by atoms with van der Waals surface area (Å²) in [5.41, 5.74) is 3.80. The van der Waals surface area contributed by atoms with Crippen molar-refractivity contribution in [1.29, 1.82) is 0 Å². The Morgan fingerprint density at radius 1 is 1.35 bits per heavy atom. The molecule has 1 aliphatic heterocycles. The van der Waals surface area contributed by atoms with Gasteiger partial charge >= 0.3 is 6.03 Å². The molecular weight excluding hydrogens is 290 g/mol. The number of H-pyrrole nitrogens is 1. The number of hydrogen-bond acceptors (Lipinski definition) is 2. The van der Waals surface area contributed by atoms with E-state index >= 15 is 0 Å². The molecule has 5 heteroatoms. The molecular formula is C18H25N3O2. The van der Waals surface area contributed by atoms with E-state index in [1.165, 1.54) is 22.0 Å². The van der Waals surface area contributed by atoms with Crippen LogP contribution in [0.2, 0.25) is 0 Å². The van der Waals surface area contributed by atoms with E-state index in [0.29, 0.717) is 19.0 Å². The number of carbonyl (C=O) groups excluding carboxylic acids is 1. The Balaban J connectivity index is 1.47. The number of urea groups is 1. The molecule has 0 radical (unpaired) electrons. The molecule has 0 saturated carbocycles. The predicted molar refractivity (Wildman–Crippen MR) is 91.7 cm³/mol. The summed E-state index contributed by atoms with van der Waals surface area (Å²) in [5.74, 6) is 0.460. The Kier molecular flexibility index (Phi) is 5.18. The topological polar surface area (TPSA) is 66.2 Å². The van der Waals surface area contributed by atoms with Gasteiger partial charge in [-0.15, -0.1) is 0 Å². The van der Waals surface area contributed by atoms with Crippen molar-refractivity contribution in [3.63, 3.8) is 0 Å². The third-order valence-corrected chi connectivity index (χ3v) is 4.52. The summed E-state index contributed by atoms with van der Waals surface area (Å²) in [4.78, 5) is 15.2. The normalized spacial score (nSPS) is 17.5. The first-order valence-electron chi connectivity index (χ1n) is 8.45. The minimum absolute atomic E-state index is 0.0917. The van der Waals surface area contributed by atoms with Gasteiger partial charge in [-0.3, -0.25) is 0 Å². The average Bonchev–Trinajstić information content (AvgIpc) is 3.22. The van der Waals surface area contributed by atoms with Gasteiger partial charge < -0.3 is 20.4 Å². The fraction of sp³-hybridized carbons (Fsp3) is 0.500. The van der Waals surface area contributed by atoms with Gasteiger partial charge in [0.2, 0.25) is 0 Å². The van der Waals surface area contributed by atoms with Gasteiger partial charge in [-0.2, -0.15) is 0 Å². The van der Waals surface area contributed by atoms with Gasteiger partial charge in [0.25, 0.3) is 0 Å². The highest BCUT2D eigenvalue weighted by Gasteiger charge is 2.16. The first kappa shape index (κ1) is 15.9. The van der Waals surface area contributed by atoms with Crippen molar-refractivity contribution in [1.82, 2.24) is 15.6 Å². The zero-order valence-corrected chi connectivity index (χ0v) is 13.7. The lowest BCUT2D eigenvalue weighted by molar-refractivity contribution is 0.185. The highest BCUT2D eigenvalue weighted by atomic mass is 16.5. The monoisotopic (exact) mass is 315 g/mol. The maximum Gasteiger partial charge on any atom is 0.314 e. The summed E-state index contributed by atoms with van der Waals surface area (Å²) < 4.78 is 5.30. The minimum Gasteiger partial charge on any atom is -0.381 e. The Hall–Kier alpha value is -2.01. The molecule has 0 spiro atoms. The summed E-state index contributed by atoms with van der Waals surface area (Å²) >= 11 is 0. The van der Waals surface area contributed by atoms with Gasteiger partial charge in [0, 0.05) is 42.7 Å². The molecule has 3 rings (SSSR count). The van der Waals surface area contributed by atoms with Crippen molar-refractivity contribution in [2.24, 2.45) is 5.92 Å². The van der Waals surface area contributed by atoms with Crippen molar-refractivity contribution in [2.45, 2.75) is 26.2 Å². The second-order valence-corrected chi connectivity index (χ2v) is 6.12. The highest BCUT2D eigenvalue weighted by Crippen LogP contribution is 2.22. The molecule has 1 saturated heterocycles. The number of rotatable bonds is 6. The van der Waals surface area contributed by atoms with Crippen LogP contribution in [0.25, 0.3) is 10.9 Å². The summed E-state index contributed by atoms with van der Waals surface area (Å²) in [6, 6.07) is 6.30. The SMILES string of the molecule is CCc1cccc2c(CCNC(=O)NC[C@H]3CCOC3)c[nH]c12. The van der Waals surface area contributed by atoms with E-state index in [0.717, 1.165) is 32.5 Å². The molecule has 1 aromatic carbocycles. The summed E-state index contributed by atoms with van der Waals surface area (Å²) in [6.07, 6.45) is 4.94. The van der Waals surface area contributed by atoms with Gasteiger partial charge in [0.1, 0.15) is 0 Å². The number of ether oxygens (including phenoxy) is 1. The van der Waals surface area contributed by atoms with Crippen molar-refractivity contribution < 1.29 is 9.53 Å². The standard InChI is InChI=1S/C18H25N3O2/c1-2-14-4-3-5-16-15(11-20-17(14)16)6-8-19-18(22)21-10-13-7-9-23-12-13/h3-5,11,13,20H,2,6-10,12H2,1H3,(H2,19,21,22)/t13-/m1/s1. The van der Waals surface area contributed by atoms with Gasteiger partial charge in [0.15, 0.2) is 0 Å². The number of fused-ring (bicyclic) bond motifs is 1. The fourth-order valence-electron chi connectivity index (χ4n) is 3.13. The number of nitrogens with one attached hydrogen (secondary N) is 3. The number of benzene rings is 1. The highest BCUT2D eigenvalue weighted by molar-refractivity contribution is 5.86. The lowest BCUT2D eigenvalue weighted by Gasteiger charge is -2.10. The maximum atomic E-state index is 11.8. The second kappa shape index (κ2) is 7.51. The molecule has 1 aromatic heterocycles. The number of hydrogen-bond donors (Lipinski definition) is 3. The van der Waals surface area contributed by atoms with E-state index in [2.05, 4.69) is 46.9 Å². The number of aryl methyl sites for hydroxylation is 1. The fourth-order valence-corrected chi connectivity index (χ4v) is 3.13. The van der Waals surface area contributed by atoms with E-state index in [9.17, 15) is 4.79 Å². The Bertz CT molecular complexity index is 659. The number of amides is 2. The van der Waals surface area contributed by atoms with E-state index < -0.39 is 0 Å². The molecule has 2 amide bonds. The Morgan fingerprint density at radius 2 is 2.26 bits per heavy atom. The van der Waals surface area contributed by atoms with Gasteiger partial charge in [-0.25, -0.2) is 4.79 Å². The van der Waals surface area contributed by atoms with Crippen molar-refractivity contribution >= 4 is 16.9 Å². The number of aromatic nitrogens is 1. The van der Waals surface area contributed by atoms with Crippen LogP contribution in [0.4, 0.5) is 4.79 Å². The Labute approximate surface area is 136 Å². The maximum absolute atomic E-state index is 11.8. The molecule has 2 heterocycles. The molecule has 124 valence electrons. The van der Waals surface area contributed by atoms with Gasteiger partial charge in [-0.05, 0) is 30.4 Å². The van der Waals surface area contributed by atoms with Crippen LogP contribution < -0.4 is 10.6 Å². The summed E-state index contributed by atoms with van der Waals surface area (Å²) in [5, 5.41) is 7.11. The molecule has 0 aliphatic carbocycles. The number of carbonyl (C=O) groups is 1. The molecule has 1 atom stereocenters. The Morgan fingerprint density at radius 3 is 3.04 bits per heavy atom. The van der Waals surface area contributed by atoms with Gasteiger partial charge in [0.05, 0.1) is 6.61 Å². The molecule has 5 nitrogen and oxygen atoms in total. The minimum atomic E-state index is -0.0917. The van der Waals surface area contributed by atoms with Crippen LogP contribution in [0.3, 0.4) is 0 Å². The van der Waals surface area contributed by atoms with E-state index in [1.54, 1.807) is 0 Å². The average molecular weight is 315 g/mol. The lowest BCUT2D eigenvalue weighted by atomic mass is 10.1. The quantitative estimate of drug-likeness (QED) is 0.767. The molecule has 0 unspecified atom stereocenters. The van der Waals surface area contributed by atoms with Crippen LogP contribution in [0, 0.1) is 5.92 Å². The third kappa shape index (κ3) is 3.85. The van der Waals surface area contributed by atoms with Crippen LogP contribution in [0.15, 0.2) is 24.4 Å². The number of aromatic amines is 1. The van der Waals surface area contributed by atoms with Crippen molar-refractivity contribution in [2.75, 3.05) is 26.3 Å². The predicted octanol–water partition coefficient (Wildman–Crippen LogP) is 2.61. The zero-order chi connectivity index (χ0) is 16.1. The van der Waals surface area contributed by atoms with Crippen LogP contribution >= 0.6 is 0 Å². The molecule has 23 heavy (non-hydrogen) atoms. The van der Waals surface area contributed by atoms with Crippen LogP contribution in [0.1, 0.15) is 24.5 Å². The molecule has 0 bridgehead atoms. The smallest absolute Gasteiger partial charge is 0.314 e. The summed E-state index contributed by atoms with van der Waals surface area (Å²) in [6.45, 7) is 5.06. The van der Waals surface area contributed by atoms with Crippen molar-refractivity contribution in [3.05, 3.63) is 35.5 Å². The molecule has 3 N–H and O–H groups in total. The van der Waals surface area contributed by atoms with Crippen LogP contribution in [-0.2, 0) is 17.6 Å². The van der Waals surface area contributed by atoms with Crippen LogP contribution in [0.5, 0.6) is 0 Å². The van der Waals surface area contributed by atoms with Crippen molar-refractivity contribution in [3.8, 4) is 0 Å². The second-order valence-electron chi connectivity index (χ2n) is 6.12. The first-order valence-corrected chi connectivity index (χ1v) is 8.45. The number of para-hydroxylation sites is 1. The largest absolute Gasteiger partial charge is 0.381 e. The zero-order valence-electron chi connectivity index (χ0n) is 13.7.